The van der Waals surface area contributed by atoms with E-state index >= 15 is 0 Å². The van der Waals surface area contributed by atoms with Gasteiger partial charge in [-0.15, -0.1) is 0 Å². The Morgan fingerprint density at radius 1 is 1.88 bits per heavy atom. The number of carbonyl (C=O) groups is 1. The predicted molar refractivity (Wildman–Crippen MR) is 27.5 cm³/mol. The molecule has 0 unspecified atom stereocenters. The van der Waals surface area contributed by atoms with Crippen molar-refractivity contribution in [2.75, 3.05) is 0 Å². The third-order valence-electron chi connectivity index (χ3n) is 2.13. The van der Waals surface area contributed by atoms with Crippen molar-refractivity contribution in [3.63, 3.8) is 0 Å². The van der Waals surface area contributed by atoms with Crippen LogP contribution in [0.25, 0.3) is 0 Å². The minimum atomic E-state index is -0.319. The zero-order chi connectivity index (χ0) is 5.78. The topological polar surface area (TPSA) is 29.6 Å². The molecule has 0 bridgehead atoms. The molecule has 0 aromatic heterocycles. The van der Waals surface area contributed by atoms with Gasteiger partial charge in [-0.2, -0.15) is 0 Å². The van der Waals surface area contributed by atoms with E-state index in [1.54, 1.807) is 0 Å². The monoisotopic (exact) mass is 112 g/mol. The Morgan fingerprint density at radius 2 is 2.62 bits per heavy atom. The van der Waals surface area contributed by atoms with Crippen molar-refractivity contribution in [2.45, 2.75) is 31.5 Å². The molecule has 0 aromatic rings. The Morgan fingerprint density at radius 3 is 2.75 bits per heavy atom. The van der Waals surface area contributed by atoms with Crippen LogP contribution in [0, 0.1) is 0 Å². The number of ether oxygens (including phenoxy) is 1. The highest BCUT2D eigenvalue weighted by Crippen LogP contribution is 2.46. The predicted octanol–water partition coefficient (Wildman–Crippen LogP) is 0.507. The average molecular weight is 112 g/mol. The molecule has 2 rings (SSSR count). The summed E-state index contributed by atoms with van der Waals surface area (Å²) in [5, 5.41) is 0. The number of epoxide rings is 1. The molecule has 2 atom stereocenters. The number of hydrogen-bond acceptors (Lipinski definition) is 2. The summed E-state index contributed by atoms with van der Waals surface area (Å²) in [7, 11) is 0. The maximum atomic E-state index is 10.8. The van der Waals surface area contributed by atoms with Gasteiger partial charge in [0, 0.05) is 6.42 Å². The lowest BCUT2D eigenvalue weighted by Gasteiger charge is -1.93. The molecule has 1 saturated carbocycles. The van der Waals surface area contributed by atoms with E-state index < -0.39 is 0 Å². The molecule has 2 aliphatic rings. The summed E-state index contributed by atoms with van der Waals surface area (Å²) in [5.74, 6) is 0.294. The lowest BCUT2D eigenvalue weighted by atomic mass is 10.1. The third-order valence-corrected chi connectivity index (χ3v) is 2.13. The molecule has 1 heterocycles. The largest absolute Gasteiger partial charge is 0.358 e. The summed E-state index contributed by atoms with van der Waals surface area (Å²) in [6, 6.07) is 0. The van der Waals surface area contributed by atoms with Gasteiger partial charge in [-0.05, 0) is 13.3 Å². The Balaban J connectivity index is 2.31. The van der Waals surface area contributed by atoms with E-state index in [0.29, 0.717) is 5.78 Å². The molecule has 2 heteroatoms. The molecular weight excluding hydrogens is 104 g/mol. The molecule has 1 aliphatic heterocycles. The summed E-state index contributed by atoms with van der Waals surface area (Å²) < 4.78 is 5.10. The molecule has 1 saturated heterocycles. The van der Waals surface area contributed by atoms with E-state index in [4.69, 9.17) is 4.74 Å². The van der Waals surface area contributed by atoms with Gasteiger partial charge in [-0.3, -0.25) is 4.79 Å². The van der Waals surface area contributed by atoms with Crippen molar-refractivity contribution in [1.29, 1.82) is 0 Å². The van der Waals surface area contributed by atoms with Gasteiger partial charge in [0.25, 0.3) is 0 Å². The van der Waals surface area contributed by atoms with Crippen LogP contribution in [0.5, 0.6) is 0 Å². The zero-order valence-electron chi connectivity index (χ0n) is 4.81. The maximum absolute atomic E-state index is 10.8. The lowest BCUT2D eigenvalue weighted by molar-refractivity contribution is -0.123. The van der Waals surface area contributed by atoms with Gasteiger partial charge < -0.3 is 4.74 Å². The molecule has 0 aromatic carbocycles. The number of ketones is 1. The average Bonchev–Trinajstić information content (AvgIpc) is 2.31. The van der Waals surface area contributed by atoms with Crippen LogP contribution in [0.2, 0.25) is 0 Å². The number of fused-ring (bicyclic) bond motifs is 1. The molecule has 2 nitrogen and oxygen atoms in total. The van der Waals surface area contributed by atoms with Crippen molar-refractivity contribution in [2.24, 2.45) is 0 Å². The first-order chi connectivity index (χ1) is 3.73. The molecule has 0 amide bonds. The minimum absolute atomic E-state index is 0.287. The van der Waals surface area contributed by atoms with E-state index in [0.717, 1.165) is 12.8 Å². The van der Waals surface area contributed by atoms with Crippen LogP contribution < -0.4 is 0 Å². The maximum Gasteiger partial charge on any atom is 0.167 e. The fourth-order valence-corrected chi connectivity index (χ4v) is 1.35. The Kier molecular flexibility index (Phi) is 0.553. The van der Waals surface area contributed by atoms with Gasteiger partial charge in [-0.1, -0.05) is 0 Å². The van der Waals surface area contributed by atoms with Crippen LogP contribution in [0.3, 0.4) is 0 Å². The van der Waals surface area contributed by atoms with Gasteiger partial charge in [-0.25, -0.2) is 0 Å². The van der Waals surface area contributed by atoms with Crippen LogP contribution >= 0.6 is 0 Å². The van der Waals surface area contributed by atoms with Crippen molar-refractivity contribution in [3.8, 4) is 0 Å². The first-order valence-electron chi connectivity index (χ1n) is 2.94. The highest BCUT2D eigenvalue weighted by molar-refractivity contribution is 5.92. The molecule has 2 fully saturated rings. The van der Waals surface area contributed by atoms with Gasteiger partial charge in [0.2, 0.25) is 0 Å². The van der Waals surface area contributed by atoms with Gasteiger partial charge in [0.1, 0.15) is 5.60 Å². The second-order valence-electron chi connectivity index (χ2n) is 2.68. The van der Waals surface area contributed by atoms with Crippen LogP contribution in [0.1, 0.15) is 19.8 Å². The van der Waals surface area contributed by atoms with E-state index in [2.05, 4.69) is 0 Å². The SMILES string of the molecule is C[C@@]12O[C@@H]1CCC2=O. The van der Waals surface area contributed by atoms with Crippen LogP contribution in [-0.4, -0.2) is 17.5 Å². The van der Waals surface area contributed by atoms with E-state index in [-0.39, 0.29) is 11.7 Å². The first kappa shape index (κ1) is 4.50. The van der Waals surface area contributed by atoms with Gasteiger partial charge in [0.05, 0.1) is 6.10 Å². The van der Waals surface area contributed by atoms with Crippen molar-refractivity contribution in [3.05, 3.63) is 0 Å². The van der Waals surface area contributed by atoms with Crippen LogP contribution in [0.15, 0.2) is 0 Å². The molecule has 0 N–H and O–H groups in total. The quantitative estimate of drug-likeness (QED) is 0.427. The summed E-state index contributed by atoms with van der Waals surface area (Å²) in [4.78, 5) is 10.8. The van der Waals surface area contributed by atoms with Crippen LogP contribution in [0.4, 0.5) is 0 Å². The van der Waals surface area contributed by atoms with Crippen molar-refractivity contribution < 1.29 is 9.53 Å². The second-order valence-corrected chi connectivity index (χ2v) is 2.68. The van der Waals surface area contributed by atoms with E-state index in [1.807, 2.05) is 6.92 Å². The standard InChI is InChI=1S/C6H8O2/c1-6-4(7)2-3-5(6)8-6/h5H,2-3H2,1H3/t5-,6+/m1/s1. The minimum Gasteiger partial charge on any atom is -0.358 e. The highest BCUT2D eigenvalue weighted by atomic mass is 16.6. The highest BCUT2D eigenvalue weighted by Gasteiger charge is 2.61. The van der Waals surface area contributed by atoms with Crippen LogP contribution in [-0.2, 0) is 9.53 Å². The Hall–Kier alpha value is -0.370. The fraction of sp³-hybridized carbons (Fsp3) is 0.833. The normalized spacial score (nSPS) is 51.6. The Bertz CT molecular complexity index is 151. The number of hydrogen-bond donors (Lipinski definition) is 0. The van der Waals surface area contributed by atoms with Gasteiger partial charge in [0.15, 0.2) is 5.78 Å². The number of Topliss-reactive ketones (excluding diaryl/α,β-unsaturated/α-hetero) is 1. The number of rotatable bonds is 0. The summed E-state index contributed by atoms with van der Waals surface area (Å²) >= 11 is 0. The summed E-state index contributed by atoms with van der Waals surface area (Å²) in [5.41, 5.74) is -0.319. The molecule has 8 heavy (non-hydrogen) atoms. The molecule has 1 aliphatic carbocycles. The second kappa shape index (κ2) is 0.982. The third kappa shape index (κ3) is 0.313. The molecule has 44 valence electrons. The number of carbonyl (C=O) groups excluding carboxylic acids is 1. The summed E-state index contributed by atoms with van der Waals surface area (Å²) in [6.45, 7) is 1.88. The first-order valence-corrected chi connectivity index (χ1v) is 2.94. The molecular formula is C6H8O2. The summed E-state index contributed by atoms with van der Waals surface area (Å²) in [6.07, 6.45) is 1.98. The zero-order valence-corrected chi connectivity index (χ0v) is 4.81. The van der Waals surface area contributed by atoms with Crippen molar-refractivity contribution in [1.82, 2.24) is 0 Å². The van der Waals surface area contributed by atoms with E-state index in [1.165, 1.54) is 0 Å². The van der Waals surface area contributed by atoms with E-state index in [9.17, 15) is 4.79 Å². The fourth-order valence-electron chi connectivity index (χ4n) is 1.35. The molecule has 0 radical (unpaired) electrons. The Labute approximate surface area is 47.8 Å². The molecule has 0 spiro atoms. The van der Waals surface area contributed by atoms with Gasteiger partial charge >= 0.3 is 0 Å². The van der Waals surface area contributed by atoms with Crippen molar-refractivity contribution >= 4 is 5.78 Å². The smallest absolute Gasteiger partial charge is 0.167 e. The lowest BCUT2D eigenvalue weighted by Crippen LogP contribution is -2.15.